The summed E-state index contributed by atoms with van der Waals surface area (Å²) < 4.78 is 0. The van der Waals surface area contributed by atoms with E-state index in [1.54, 1.807) is 0 Å². The van der Waals surface area contributed by atoms with Gasteiger partial charge in [0, 0.05) is 0 Å². The van der Waals surface area contributed by atoms with Gasteiger partial charge in [-0.05, 0) is 37.9 Å². The average molecular weight is 191 g/mol. The van der Waals surface area contributed by atoms with Crippen molar-refractivity contribution >= 4 is 0 Å². The molecular weight excluding hydrogens is 174 g/mol. The topological polar surface area (TPSA) is 32.3 Å². The molecule has 0 amide bonds. The summed E-state index contributed by atoms with van der Waals surface area (Å²) >= 11 is 0. The number of aliphatic hydroxyl groups is 1. The number of nitrogens with one attached hydrogen (secondary N) is 1. The quantitative estimate of drug-likeness (QED) is 0.707. The maximum atomic E-state index is 10.5. The van der Waals surface area contributed by atoms with E-state index >= 15 is 0 Å². The molecule has 0 radical (unpaired) electrons. The monoisotopic (exact) mass is 191 g/mol. The van der Waals surface area contributed by atoms with Gasteiger partial charge >= 0.3 is 0 Å². The van der Waals surface area contributed by atoms with Crippen molar-refractivity contribution in [3.63, 3.8) is 0 Å². The largest absolute Gasteiger partial charge is 0.385 e. The molecule has 0 bridgehead atoms. The molecule has 2 nitrogen and oxygen atoms in total. The van der Waals surface area contributed by atoms with Gasteiger partial charge in [0.2, 0.25) is 0 Å². The zero-order valence-electron chi connectivity index (χ0n) is 8.37. The Balaban J connectivity index is 2.21. The lowest BCUT2D eigenvalue weighted by Crippen LogP contribution is -2.26. The number of benzene rings is 1. The Morgan fingerprint density at radius 1 is 1.07 bits per heavy atom. The van der Waals surface area contributed by atoms with Crippen LogP contribution >= 0.6 is 0 Å². The van der Waals surface area contributed by atoms with E-state index in [9.17, 15) is 5.11 Å². The van der Waals surface area contributed by atoms with E-state index in [2.05, 4.69) is 5.32 Å². The molecule has 1 heterocycles. The van der Waals surface area contributed by atoms with Crippen LogP contribution in [0.3, 0.4) is 0 Å². The SMILES string of the molecule is O[C@@]1(c2ccccc2)CCCNCC1. The minimum atomic E-state index is -0.606. The van der Waals surface area contributed by atoms with Gasteiger partial charge in [0.15, 0.2) is 0 Å². The van der Waals surface area contributed by atoms with E-state index in [0.29, 0.717) is 0 Å². The molecule has 76 valence electrons. The van der Waals surface area contributed by atoms with Crippen molar-refractivity contribution in [1.82, 2.24) is 5.32 Å². The molecule has 1 aromatic carbocycles. The highest BCUT2D eigenvalue weighted by molar-refractivity contribution is 5.22. The second-order valence-electron chi connectivity index (χ2n) is 4.00. The van der Waals surface area contributed by atoms with Crippen LogP contribution < -0.4 is 5.32 Å². The molecular formula is C12H17NO. The van der Waals surface area contributed by atoms with Gasteiger partial charge in [0.25, 0.3) is 0 Å². The summed E-state index contributed by atoms with van der Waals surface area (Å²) in [4.78, 5) is 0. The number of rotatable bonds is 1. The summed E-state index contributed by atoms with van der Waals surface area (Å²) in [6.45, 7) is 1.93. The van der Waals surface area contributed by atoms with Crippen LogP contribution in [0.1, 0.15) is 24.8 Å². The molecule has 1 fully saturated rings. The van der Waals surface area contributed by atoms with Crippen molar-refractivity contribution in [2.45, 2.75) is 24.9 Å². The summed E-state index contributed by atoms with van der Waals surface area (Å²) in [5, 5.41) is 13.8. The Bertz CT molecular complexity index is 276. The van der Waals surface area contributed by atoms with E-state index in [1.165, 1.54) is 0 Å². The first kappa shape index (κ1) is 9.69. The second kappa shape index (κ2) is 4.11. The Labute approximate surface area is 85.0 Å². The third-order valence-corrected chi connectivity index (χ3v) is 2.97. The van der Waals surface area contributed by atoms with Crippen molar-refractivity contribution in [3.8, 4) is 0 Å². The fourth-order valence-corrected chi connectivity index (χ4v) is 2.09. The maximum absolute atomic E-state index is 10.5. The van der Waals surface area contributed by atoms with Crippen LogP contribution in [0.25, 0.3) is 0 Å². The molecule has 0 aromatic heterocycles. The summed E-state index contributed by atoms with van der Waals surface area (Å²) in [5.74, 6) is 0. The van der Waals surface area contributed by atoms with E-state index < -0.39 is 5.60 Å². The molecule has 2 rings (SSSR count). The van der Waals surface area contributed by atoms with Gasteiger partial charge < -0.3 is 10.4 Å². The van der Waals surface area contributed by atoms with Crippen molar-refractivity contribution in [1.29, 1.82) is 0 Å². The molecule has 0 aliphatic carbocycles. The molecule has 2 N–H and O–H groups in total. The standard InChI is InChI=1S/C12H17NO/c14-12(7-4-9-13-10-8-12)11-5-2-1-3-6-11/h1-3,5-6,13-14H,4,7-10H2/t12-/m0/s1. The molecule has 1 atom stereocenters. The lowest BCUT2D eigenvalue weighted by molar-refractivity contribution is 0.0240. The minimum absolute atomic E-state index is 0.606. The normalized spacial score (nSPS) is 28.4. The van der Waals surface area contributed by atoms with E-state index in [1.807, 2.05) is 30.3 Å². The van der Waals surface area contributed by atoms with Crippen molar-refractivity contribution < 1.29 is 5.11 Å². The predicted molar refractivity (Wildman–Crippen MR) is 57.1 cm³/mol. The van der Waals surface area contributed by atoms with Crippen LogP contribution in [0.15, 0.2) is 30.3 Å². The zero-order valence-corrected chi connectivity index (χ0v) is 8.37. The molecule has 0 saturated carbocycles. The molecule has 0 unspecified atom stereocenters. The van der Waals surface area contributed by atoms with Crippen LogP contribution in [0, 0.1) is 0 Å². The second-order valence-corrected chi connectivity index (χ2v) is 4.00. The number of hydrogen-bond donors (Lipinski definition) is 2. The summed E-state index contributed by atoms with van der Waals surface area (Å²) in [7, 11) is 0. The van der Waals surface area contributed by atoms with Crippen molar-refractivity contribution in [2.75, 3.05) is 13.1 Å². The Kier molecular flexibility index (Phi) is 2.85. The highest BCUT2D eigenvalue weighted by Crippen LogP contribution is 2.30. The highest BCUT2D eigenvalue weighted by Gasteiger charge is 2.29. The molecule has 2 heteroatoms. The highest BCUT2D eigenvalue weighted by atomic mass is 16.3. The molecule has 1 aromatic rings. The van der Waals surface area contributed by atoms with Crippen LogP contribution in [0.5, 0.6) is 0 Å². The van der Waals surface area contributed by atoms with E-state index in [-0.39, 0.29) is 0 Å². The van der Waals surface area contributed by atoms with Crippen LogP contribution in [-0.2, 0) is 5.60 Å². The van der Waals surface area contributed by atoms with Crippen LogP contribution in [0.4, 0.5) is 0 Å². The van der Waals surface area contributed by atoms with Gasteiger partial charge in [0.05, 0.1) is 5.60 Å². The predicted octanol–water partition coefficient (Wildman–Crippen LogP) is 1.65. The first-order chi connectivity index (χ1) is 6.81. The summed E-state index contributed by atoms with van der Waals surface area (Å²) in [5.41, 5.74) is 0.453. The lowest BCUT2D eigenvalue weighted by atomic mass is 9.87. The van der Waals surface area contributed by atoms with Crippen LogP contribution in [-0.4, -0.2) is 18.2 Å². The molecule has 0 spiro atoms. The summed E-state index contributed by atoms with van der Waals surface area (Å²) in [6, 6.07) is 10.0. The van der Waals surface area contributed by atoms with Crippen LogP contribution in [0.2, 0.25) is 0 Å². The maximum Gasteiger partial charge on any atom is 0.0909 e. The fraction of sp³-hybridized carbons (Fsp3) is 0.500. The van der Waals surface area contributed by atoms with Gasteiger partial charge in [-0.1, -0.05) is 30.3 Å². The molecule has 14 heavy (non-hydrogen) atoms. The van der Waals surface area contributed by atoms with E-state index in [4.69, 9.17) is 0 Å². The smallest absolute Gasteiger partial charge is 0.0909 e. The average Bonchev–Trinajstić information content (AvgIpc) is 2.46. The zero-order chi connectivity index (χ0) is 9.86. The van der Waals surface area contributed by atoms with Gasteiger partial charge in [-0.25, -0.2) is 0 Å². The van der Waals surface area contributed by atoms with Gasteiger partial charge in [0.1, 0.15) is 0 Å². The minimum Gasteiger partial charge on any atom is -0.385 e. The number of hydrogen-bond acceptors (Lipinski definition) is 2. The van der Waals surface area contributed by atoms with Crippen molar-refractivity contribution in [3.05, 3.63) is 35.9 Å². The van der Waals surface area contributed by atoms with Gasteiger partial charge in [-0.3, -0.25) is 0 Å². The first-order valence-corrected chi connectivity index (χ1v) is 5.30. The Hall–Kier alpha value is -0.860. The Morgan fingerprint density at radius 2 is 1.86 bits per heavy atom. The fourth-order valence-electron chi connectivity index (χ4n) is 2.09. The summed E-state index contributed by atoms with van der Waals surface area (Å²) in [6.07, 6.45) is 2.73. The molecule has 1 saturated heterocycles. The van der Waals surface area contributed by atoms with Gasteiger partial charge in [-0.15, -0.1) is 0 Å². The third kappa shape index (κ3) is 1.97. The third-order valence-electron chi connectivity index (χ3n) is 2.97. The molecule has 1 aliphatic rings. The van der Waals surface area contributed by atoms with Gasteiger partial charge in [-0.2, -0.15) is 0 Å². The lowest BCUT2D eigenvalue weighted by Gasteiger charge is -2.26. The van der Waals surface area contributed by atoms with E-state index in [0.717, 1.165) is 37.9 Å². The first-order valence-electron chi connectivity index (χ1n) is 5.30. The van der Waals surface area contributed by atoms with Crippen molar-refractivity contribution in [2.24, 2.45) is 0 Å². The molecule has 1 aliphatic heterocycles. The Morgan fingerprint density at radius 3 is 2.64 bits per heavy atom.